The first kappa shape index (κ1) is 20.9. The zero-order valence-electron chi connectivity index (χ0n) is 14.5. The van der Waals surface area contributed by atoms with Crippen LogP contribution in [0.15, 0.2) is 40.7 Å². The van der Waals surface area contributed by atoms with Crippen molar-refractivity contribution in [2.24, 2.45) is 4.99 Å². The highest BCUT2D eigenvalue weighted by atomic mass is 127. The average molecular weight is 492 g/mol. The van der Waals surface area contributed by atoms with Gasteiger partial charge in [0.1, 0.15) is 17.3 Å². The van der Waals surface area contributed by atoms with E-state index in [4.69, 9.17) is 0 Å². The fourth-order valence-electron chi connectivity index (χ4n) is 2.95. The van der Waals surface area contributed by atoms with Crippen molar-refractivity contribution in [1.82, 2.24) is 10.6 Å². The van der Waals surface area contributed by atoms with E-state index in [1.54, 1.807) is 16.2 Å². The third-order valence-electron chi connectivity index (χ3n) is 4.10. The third kappa shape index (κ3) is 5.29. The summed E-state index contributed by atoms with van der Waals surface area (Å²) in [6.07, 6.45) is 0.803. The third-order valence-corrected chi connectivity index (χ3v) is 4.96. The van der Waals surface area contributed by atoms with Crippen molar-refractivity contribution in [3.05, 3.63) is 52.2 Å². The number of anilines is 1. The van der Waals surface area contributed by atoms with Gasteiger partial charge in [-0.15, -0.1) is 35.3 Å². The van der Waals surface area contributed by atoms with E-state index in [-0.39, 0.29) is 35.7 Å². The molecular weight excluding hydrogens is 469 g/mol. The summed E-state index contributed by atoms with van der Waals surface area (Å²) in [7, 11) is 0. The number of aliphatic imine (C=N–C) groups is 1. The smallest absolute Gasteiger partial charge is 0.191 e. The SMILES string of the molecule is CCNC(=NCc1cccs1)NC1CCN(c2c(F)cccc2F)C1.I. The first-order valence-electron chi connectivity index (χ1n) is 8.43. The molecule has 3 rings (SSSR count). The molecule has 1 unspecified atom stereocenters. The summed E-state index contributed by atoms with van der Waals surface area (Å²) in [6.45, 7) is 4.54. The van der Waals surface area contributed by atoms with E-state index < -0.39 is 11.6 Å². The summed E-state index contributed by atoms with van der Waals surface area (Å²) in [5.41, 5.74) is 0.0623. The standard InChI is InChI=1S/C18H22F2N4S.HI/c1-2-21-18(22-11-14-5-4-10-25-14)23-13-8-9-24(12-13)17-15(19)6-3-7-16(17)20;/h3-7,10,13H,2,8-9,11-12H2,1H3,(H2,21,22,23);1H. The van der Waals surface area contributed by atoms with E-state index in [1.165, 1.54) is 23.1 Å². The van der Waals surface area contributed by atoms with Crippen LogP contribution in [-0.4, -0.2) is 31.6 Å². The molecule has 0 radical (unpaired) electrons. The second-order valence-electron chi connectivity index (χ2n) is 5.92. The number of guanidine groups is 1. The number of thiophene rings is 1. The van der Waals surface area contributed by atoms with E-state index in [0.717, 1.165) is 18.9 Å². The summed E-state index contributed by atoms with van der Waals surface area (Å²) < 4.78 is 27.9. The van der Waals surface area contributed by atoms with Crippen LogP contribution >= 0.6 is 35.3 Å². The van der Waals surface area contributed by atoms with E-state index in [9.17, 15) is 8.78 Å². The lowest BCUT2D eigenvalue weighted by Gasteiger charge is -2.21. The zero-order chi connectivity index (χ0) is 17.6. The number of hydrogen-bond acceptors (Lipinski definition) is 3. The Morgan fingerprint density at radius 2 is 2.04 bits per heavy atom. The van der Waals surface area contributed by atoms with Crippen molar-refractivity contribution in [3.63, 3.8) is 0 Å². The van der Waals surface area contributed by atoms with Gasteiger partial charge in [0.25, 0.3) is 0 Å². The van der Waals surface area contributed by atoms with Crippen LogP contribution in [0.5, 0.6) is 0 Å². The lowest BCUT2D eigenvalue weighted by atomic mass is 10.2. The maximum atomic E-state index is 14.0. The van der Waals surface area contributed by atoms with Crippen LogP contribution in [0.1, 0.15) is 18.2 Å². The number of para-hydroxylation sites is 1. The molecule has 2 aromatic rings. The number of rotatable bonds is 5. The van der Waals surface area contributed by atoms with Gasteiger partial charge in [-0.1, -0.05) is 12.1 Å². The Hall–Kier alpha value is -1.42. The minimum atomic E-state index is -0.515. The lowest BCUT2D eigenvalue weighted by molar-refractivity contribution is 0.576. The molecule has 1 fully saturated rings. The molecule has 1 aromatic carbocycles. The highest BCUT2D eigenvalue weighted by Gasteiger charge is 2.27. The summed E-state index contributed by atoms with van der Waals surface area (Å²) in [6, 6.07) is 8.14. The van der Waals surface area contributed by atoms with Crippen LogP contribution in [0, 0.1) is 11.6 Å². The Labute approximate surface area is 173 Å². The summed E-state index contributed by atoms with van der Waals surface area (Å²) in [5, 5.41) is 8.63. The Kier molecular flexibility index (Phi) is 8.08. The summed E-state index contributed by atoms with van der Waals surface area (Å²) in [5.74, 6) is -0.297. The quantitative estimate of drug-likeness (QED) is 0.377. The van der Waals surface area contributed by atoms with Crippen molar-refractivity contribution in [1.29, 1.82) is 0 Å². The van der Waals surface area contributed by atoms with Gasteiger partial charge >= 0.3 is 0 Å². The molecule has 0 aliphatic carbocycles. The molecule has 1 atom stereocenters. The van der Waals surface area contributed by atoms with Crippen molar-refractivity contribution >= 4 is 47.0 Å². The predicted molar refractivity (Wildman–Crippen MR) is 115 cm³/mol. The molecule has 4 nitrogen and oxygen atoms in total. The molecule has 1 aromatic heterocycles. The minimum Gasteiger partial charge on any atom is -0.365 e. The van der Waals surface area contributed by atoms with Crippen LogP contribution in [0.3, 0.4) is 0 Å². The van der Waals surface area contributed by atoms with Crippen LogP contribution in [0.2, 0.25) is 0 Å². The largest absolute Gasteiger partial charge is 0.365 e. The first-order valence-corrected chi connectivity index (χ1v) is 9.31. The molecule has 0 spiro atoms. The van der Waals surface area contributed by atoms with Crippen LogP contribution < -0.4 is 15.5 Å². The number of halogens is 3. The summed E-state index contributed by atoms with van der Waals surface area (Å²) >= 11 is 1.67. The van der Waals surface area contributed by atoms with Gasteiger partial charge in [0.15, 0.2) is 5.96 Å². The van der Waals surface area contributed by atoms with Gasteiger partial charge in [-0.2, -0.15) is 0 Å². The van der Waals surface area contributed by atoms with Crippen molar-refractivity contribution in [2.75, 3.05) is 24.5 Å². The lowest BCUT2D eigenvalue weighted by Crippen LogP contribution is -2.44. The first-order chi connectivity index (χ1) is 12.2. The number of benzene rings is 1. The van der Waals surface area contributed by atoms with Crippen molar-refractivity contribution < 1.29 is 8.78 Å². The number of hydrogen-bond donors (Lipinski definition) is 2. The number of nitrogens with zero attached hydrogens (tertiary/aromatic N) is 2. The average Bonchev–Trinajstić information content (AvgIpc) is 3.25. The van der Waals surface area contributed by atoms with Gasteiger partial charge in [-0.05, 0) is 36.9 Å². The molecule has 8 heteroatoms. The minimum absolute atomic E-state index is 0. The van der Waals surface area contributed by atoms with Crippen LogP contribution in [0.25, 0.3) is 0 Å². The van der Waals surface area contributed by atoms with Crippen LogP contribution in [0.4, 0.5) is 14.5 Å². The van der Waals surface area contributed by atoms with E-state index in [1.807, 2.05) is 18.4 Å². The van der Waals surface area contributed by atoms with E-state index >= 15 is 0 Å². The predicted octanol–water partition coefficient (Wildman–Crippen LogP) is 3.98. The Morgan fingerprint density at radius 3 is 2.69 bits per heavy atom. The van der Waals surface area contributed by atoms with Gasteiger partial charge in [0.2, 0.25) is 0 Å². The Morgan fingerprint density at radius 1 is 1.27 bits per heavy atom. The molecule has 0 saturated carbocycles. The van der Waals surface area contributed by atoms with Gasteiger partial charge in [0, 0.05) is 30.6 Å². The summed E-state index contributed by atoms with van der Waals surface area (Å²) in [4.78, 5) is 7.54. The molecule has 2 N–H and O–H groups in total. The highest BCUT2D eigenvalue weighted by molar-refractivity contribution is 14.0. The molecule has 0 amide bonds. The molecule has 0 bridgehead atoms. The van der Waals surface area contributed by atoms with Gasteiger partial charge in [-0.3, -0.25) is 0 Å². The van der Waals surface area contributed by atoms with E-state index in [0.29, 0.717) is 19.6 Å². The fraction of sp³-hybridized carbons (Fsp3) is 0.389. The van der Waals surface area contributed by atoms with Gasteiger partial charge < -0.3 is 15.5 Å². The topological polar surface area (TPSA) is 39.7 Å². The normalized spacial score (nSPS) is 17.1. The van der Waals surface area contributed by atoms with E-state index in [2.05, 4.69) is 21.7 Å². The Bertz CT molecular complexity index is 704. The second-order valence-corrected chi connectivity index (χ2v) is 6.95. The fourth-order valence-corrected chi connectivity index (χ4v) is 3.57. The molecule has 1 aliphatic heterocycles. The van der Waals surface area contributed by atoms with Crippen LogP contribution in [-0.2, 0) is 6.54 Å². The molecular formula is C18H23F2IN4S. The molecule has 1 saturated heterocycles. The van der Waals surface area contributed by atoms with Crippen molar-refractivity contribution in [2.45, 2.75) is 25.9 Å². The van der Waals surface area contributed by atoms with Gasteiger partial charge in [0.05, 0.1) is 6.54 Å². The maximum absolute atomic E-state index is 14.0. The molecule has 142 valence electrons. The van der Waals surface area contributed by atoms with Crippen molar-refractivity contribution in [3.8, 4) is 0 Å². The molecule has 2 heterocycles. The zero-order valence-corrected chi connectivity index (χ0v) is 17.7. The Balaban J connectivity index is 0.00000243. The molecule has 1 aliphatic rings. The highest BCUT2D eigenvalue weighted by Crippen LogP contribution is 2.26. The molecule has 26 heavy (non-hydrogen) atoms. The number of nitrogens with one attached hydrogen (secondary N) is 2. The second kappa shape index (κ2) is 10.1. The monoisotopic (exact) mass is 492 g/mol. The van der Waals surface area contributed by atoms with Gasteiger partial charge in [-0.25, -0.2) is 13.8 Å². The maximum Gasteiger partial charge on any atom is 0.191 e.